The van der Waals surface area contributed by atoms with E-state index in [0.717, 1.165) is 25.9 Å². The summed E-state index contributed by atoms with van der Waals surface area (Å²) in [5, 5.41) is 3.13. The molecule has 1 amide bonds. The molecule has 0 saturated heterocycles. The summed E-state index contributed by atoms with van der Waals surface area (Å²) < 4.78 is 0. The van der Waals surface area contributed by atoms with Crippen LogP contribution in [0.4, 0.5) is 0 Å². The van der Waals surface area contributed by atoms with Crippen molar-refractivity contribution in [1.82, 2.24) is 10.2 Å². The molecule has 3 nitrogen and oxygen atoms in total. The Morgan fingerprint density at radius 2 is 2.33 bits per heavy atom. The van der Waals surface area contributed by atoms with E-state index in [0.29, 0.717) is 12.6 Å². The second kappa shape index (κ2) is 6.47. The predicted octanol–water partition coefficient (Wildman–Crippen LogP) is 1.00. The van der Waals surface area contributed by atoms with E-state index in [9.17, 15) is 4.79 Å². The molecule has 0 heterocycles. The zero-order chi connectivity index (χ0) is 11.1. The Morgan fingerprint density at radius 1 is 1.60 bits per heavy atom. The molecule has 1 aliphatic rings. The SMILES string of the molecule is C#CCCCNCC(=O)N(CC)C1CC1. The average Bonchev–Trinajstić information content (AvgIpc) is 3.03. The summed E-state index contributed by atoms with van der Waals surface area (Å²) in [5.41, 5.74) is 0. The molecule has 1 N–H and O–H groups in total. The molecule has 15 heavy (non-hydrogen) atoms. The van der Waals surface area contributed by atoms with Gasteiger partial charge in [0.1, 0.15) is 0 Å². The van der Waals surface area contributed by atoms with Crippen LogP contribution in [0, 0.1) is 12.3 Å². The number of terminal acetylenes is 1. The van der Waals surface area contributed by atoms with E-state index in [1.54, 1.807) is 0 Å². The molecule has 0 aromatic heterocycles. The monoisotopic (exact) mass is 208 g/mol. The van der Waals surface area contributed by atoms with Gasteiger partial charge in [-0.1, -0.05) is 0 Å². The smallest absolute Gasteiger partial charge is 0.236 e. The number of carbonyl (C=O) groups is 1. The van der Waals surface area contributed by atoms with E-state index >= 15 is 0 Å². The highest BCUT2D eigenvalue weighted by molar-refractivity contribution is 5.78. The van der Waals surface area contributed by atoms with Crippen LogP contribution in [0.3, 0.4) is 0 Å². The molecule has 0 aromatic carbocycles. The molecule has 1 aliphatic carbocycles. The minimum atomic E-state index is 0.223. The lowest BCUT2D eigenvalue weighted by Crippen LogP contribution is -2.39. The summed E-state index contributed by atoms with van der Waals surface area (Å²) in [5.74, 6) is 2.81. The third-order valence-corrected chi connectivity index (χ3v) is 2.60. The van der Waals surface area contributed by atoms with Crippen LogP contribution in [0.5, 0.6) is 0 Å². The fourth-order valence-electron chi connectivity index (χ4n) is 1.64. The topological polar surface area (TPSA) is 32.3 Å². The molecule has 0 spiro atoms. The van der Waals surface area contributed by atoms with Gasteiger partial charge in [-0.15, -0.1) is 12.3 Å². The molecule has 1 rings (SSSR count). The van der Waals surface area contributed by atoms with Crippen LogP contribution in [0.1, 0.15) is 32.6 Å². The molecule has 0 aliphatic heterocycles. The summed E-state index contributed by atoms with van der Waals surface area (Å²) in [7, 11) is 0. The van der Waals surface area contributed by atoms with Crippen molar-refractivity contribution in [2.24, 2.45) is 0 Å². The Morgan fingerprint density at radius 3 is 2.87 bits per heavy atom. The van der Waals surface area contributed by atoms with Gasteiger partial charge in [0.25, 0.3) is 0 Å². The van der Waals surface area contributed by atoms with Gasteiger partial charge in [-0.05, 0) is 32.7 Å². The summed E-state index contributed by atoms with van der Waals surface area (Å²) in [4.78, 5) is 13.7. The maximum Gasteiger partial charge on any atom is 0.236 e. The van der Waals surface area contributed by atoms with Crippen molar-refractivity contribution in [1.29, 1.82) is 0 Å². The molecular weight excluding hydrogens is 188 g/mol. The van der Waals surface area contributed by atoms with Crippen LogP contribution < -0.4 is 5.32 Å². The third-order valence-electron chi connectivity index (χ3n) is 2.60. The second-order valence-electron chi connectivity index (χ2n) is 3.90. The number of hydrogen-bond acceptors (Lipinski definition) is 2. The van der Waals surface area contributed by atoms with Gasteiger partial charge < -0.3 is 10.2 Å². The fraction of sp³-hybridized carbons (Fsp3) is 0.750. The maximum atomic E-state index is 11.7. The lowest BCUT2D eigenvalue weighted by Gasteiger charge is -2.20. The lowest BCUT2D eigenvalue weighted by molar-refractivity contribution is -0.130. The van der Waals surface area contributed by atoms with Gasteiger partial charge in [-0.2, -0.15) is 0 Å². The van der Waals surface area contributed by atoms with Crippen molar-refractivity contribution in [3.05, 3.63) is 0 Å². The molecular formula is C12H20N2O. The number of likely N-dealkylation sites (N-methyl/N-ethyl adjacent to an activating group) is 1. The largest absolute Gasteiger partial charge is 0.339 e. The summed E-state index contributed by atoms with van der Waals surface area (Å²) in [6.07, 6.45) is 9.21. The minimum absolute atomic E-state index is 0.223. The molecule has 0 aromatic rings. The van der Waals surface area contributed by atoms with Crippen molar-refractivity contribution in [2.45, 2.75) is 38.6 Å². The Balaban J connectivity index is 2.09. The van der Waals surface area contributed by atoms with Gasteiger partial charge >= 0.3 is 0 Å². The van der Waals surface area contributed by atoms with E-state index in [-0.39, 0.29) is 5.91 Å². The van der Waals surface area contributed by atoms with Crippen molar-refractivity contribution in [3.63, 3.8) is 0 Å². The highest BCUT2D eigenvalue weighted by Crippen LogP contribution is 2.26. The maximum absolute atomic E-state index is 11.7. The predicted molar refractivity (Wildman–Crippen MR) is 61.3 cm³/mol. The van der Waals surface area contributed by atoms with Gasteiger partial charge in [0.2, 0.25) is 5.91 Å². The highest BCUT2D eigenvalue weighted by atomic mass is 16.2. The van der Waals surface area contributed by atoms with Gasteiger partial charge in [-0.25, -0.2) is 0 Å². The number of amides is 1. The van der Waals surface area contributed by atoms with Crippen LogP contribution in [-0.2, 0) is 4.79 Å². The molecule has 0 atom stereocenters. The first kappa shape index (κ1) is 12.1. The molecule has 0 radical (unpaired) electrons. The number of rotatable bonds is 7. The number of nitrogens with one attached hydrogen (secondary N) is 1. The third kappa shape index (κ3) is 4.35. The van der Waals surface area contributed by atoms with Gasteiger partial charge in [0.05, 0.1) is 6.54 Å². The molecule has 84 valence electrons. The van der Waals surface area contributed by atoms with Crippen LogP contribution in [0.2, 0.25) is 0 Å². The fourth-order valence-corrected chi connectivity index (χ4v) is 1.64. The van der Waals surface area contributed by atoms with E-state index in [4.69, 9.17) is 6.42 Å². The Bertz CT molecular complexity index is 240. The van der Waals surface area contributed by atoms with E-state index in [1.165, 1.54) is 12.8 Å². The molecule has 0 bridgehead atoms. The molecule has 0 unspecified atom stereocenters. The minimum Gasteiger partial charge on any atom is -0.339 e. The number of hydrogen-bond donors (Lipinski definition) is 1. The first-order valence-corrected chi connectivity index (χ1v) is 5.73. The lowest BCUT2D eigenvalue weighted by atomic mass is 10.3. The van der Waals surface area contributed by atoms with E-state index in [1.807, 2.05) is 11.8 Å². The van der Waals surface area contributed by atoms with Gasteiger partial charge in [0.15, 0.2) is 0 Å². The van der Waals surface area contributed by atoms with Crippen molar-refractivity contribution in [3.8, 4) is 12.3 Å². The van der Waals surface area contributed by atoms with E-state index in [2.05, 4.69) is 11.2 Å². The standard InChI is InChI=1S/C12H20N2O/c1-3-5-6-9-13-10-12(15)14(4-2)11-7-8-11/h1,11,13H,4-10H2,2H3. The molecule has 1 fully saturated rings. The number of carbonyl (C=O) groups excluding carboxylic acids is 1. The normalized spacial score (nSPS) is 14.7. The van der Waals surface area contributed by atoms with Gasteiger partial charge in [0, 0.05) is 19.0 Å². The van der Waals surface area contributed by atoms with Crippen LogP contribution in [-0.4, -0.2) is 36.5 Å². The second-order valence-corrected chi connectivity index (χ2v) is 3.90. The van der Waals surface area contributed by atoms with Crippen molar-refractivity contribution < 1.29 is 4.79 Å². The number of unbranched alkanes of at least 4 members (excludes halogenated alkanes) is 1. The average molecular weight is 208 g/mol. The summed E-state index contributed by atoms with van der Waals surface area (Å²) in [6, 6.07) is 0.523. The molecule has 1 saturated carbocycles. The van der Waals surface area contributed by atoms with Crippen LogP contribution in [0.15, 0.2) is 0 Å². The Hall–Kier alpha value is -1.01. The first-order valence-electron chi connectivity index (χ1n) is 5.73. The van der Waals surface area contributed by atoms with E-state index < -0.39 is 0 Å². The first-order chi connectivity index (χ1) is 7.29. The van der Waals surface area contributed by atoms with Crippen LogP contribution in [0.25, 0.3) is 0 Å². The van der Waals surface area contributed by atoms with Gasteiger partial charge in [-0.3, -0.25) is 4.79 Å². The Kier molecular flexibility index (Phi) is 5.20. The highest BCUT2D eigenvalue weighted by Gasteiger charge is 2.30. The summed E-state index contributed by atoms with van der Waals surface area (Å²) in [6.45, 7) is 4.15. The Labute approximate surface area is 92.2 Å². The molecule has 3 heteroatoms. The summed E-state index contributed by atoms with van der Waals surface area (Å²) >= 11 is 0. The van der Waals surface area contributed by atoms with Crippen LogP contribution >= 0.6 is 0 Å². The zero-order valence-corrected chi connectivity index (χ0v) is 9.46. The number of nitrogens with zero attached hydrogens (tertiary/aromatic N) is 1. The quantitative estimate of drug-likeness (QED) is 0.500. The van der Waals surface area contributed by atoms with Crippen molar-refractivity contribution in [2.75, 3.05) is 19.6 Å². The van der Waals surface area contributed by atoms with Crippen molar-refractivity contribution >= 4 is 5.91 Å². The zero-order valence-electron chi connectivity index (χ0n) is 9.46.